The molecule has 114 valence electrons. The van der Waals surface area contributed by atoms with Gasteiger partial charge in [0.2, 0.25) is 5.91 Å². The smallest absolute Gasteiger partial charge is 0.433 e. The Morgan fingerprint density at radius 2 is 1.81 bits per heavy atom. The Bertz CT molecular complexity index is 543. The van der Waals surface area contributed by atoms with Crippen molar-refractivity contribution < 1.29 is 32.7 Å². The van der Waals surface area contributed by atoms with E-state index in [9.17, 15) is 27.6 Å². The molecule has 1 aromatic rings. The van der Waals surface area contributed by atoms with Crippen LogP contribution in [0.25, 0.3) is 0 Å². The molecule has 7 nitrogen and oxygen atoms in total. The molecule has 0 aromatic carbocycles. The first-order valence-electron chi connectivity index (χ1n) is 5.50. The number of hydrogen-bond donors (Lipinski definition) is 3. The number of carboxylic acid groups (broad SMARTS) is 1. The predicted molar refractivity (Wildman–Crippen MR) is 62.2 cm³/mol. The van der Waals surface area contributed by atoms with Gasteiger partial charge < -0.3 is 15.7 Å². The van der Waals surface area contributed by atoms with E-state index in [1.54, 1.807) is 0 Å². The molecule has 0 saturated heterocycles. The Balaban J connectivity index is 2.53. The Hall–Kier alpha value is -2.65. The summed E-state index contributed by atoms with van der Waals surface area (Å²) in [7, 11) is 0. The van der Waals surface area contributed by atoms with Crippen molar-refractivity contribution in [3.63, 3.8) is 0 Å². The lowest BCUT2D eigenvalue weighted by atomic mass is 10.2. The van der Waals surface area contributed by atoms with Gasteiger partial charge in [-0.1, -0.05) is 0 Å². The van der Waals surface area contributed by atoms with Crippen LogP contribution in [0.15, 0.2) is 18.3 Å². The minimum atomic E-state index is -4.61. The highest BCUT2D eigenvalue weighted by Crippen LogP contribution is 2.27. The van der Waals surface area contributed by atoms with Gasteiger partial charge in [0.15, 0.2) is 0 Å². The maximum absolute atomic E-state index is 12.3. The third-order valence-corrected chi connectivity index (χ3v) is 2.16. The second-order valence-electron chi connectivity index (χ2n) is 3.78. The molecule has 0 saturated carbocycles. The third-order valence-electron chi connectivity index (χ3n) is 2.16. The molecule has 0 spiro atoms. The van der Waals surface area contributed by atoms with Crippen LogP contribution < -0.4 is 10.6 Å². The molecule has 0 aliphatic carbocycles. The summed E-state index contributed by atoms with van der Waals surface area (Å²) in [4.78, 5) is 35.9. The summed E-state index contributed by atoms with van der Waals surface area (Å²) in [6.45, 7) is -1.11. The number of rotatable bonds is 5. The summed E-state index contributed by atoms with van der Waals surface area (Å²) in [6.07, 6.45) is -3.88. The highest BCUT2D eigenvalue weighted by atomic mass is 19.4. The number of alkyl halides is 3. The molecular formula is C11H10F3N3O4. The van der Waals surface area contributed by atoms with E-state index >= 15 is 0 Å². The number of halogens is 3. The van der Waals surface area contributed by atoms with Gasteiger partial charge >= 0.3 is 12.1 Å². The fraction of sp³-hybridized carbons (Fsp3) is 0.273. The quantitative estimate of drug-likeness (QED) is 0.711. The number of amides is 2. The monoisotopic (exact) mass is 305 g/mol. The van der Waals surface area contributed by atoms with E-state index in [4.69, 9.17) is 5.11 Å². The average Bonchev–Trinajstić information content (AvgIpc) is 2.41. The standard InChI is InChI=1S/C11H10F3N3O4/c12-11(13,14)7-2-1-6(3-15-7)10(21)17-4-8(18)16-5-9(19)20/h1-3H,4-5H2,(H,16,18)(H,17,21)(H,19,20). The van der Waals surface area contributed by atoms with Crippen molar-refractivity contribution >= 4 is 17.8 Å². The van der Waals surface area contributed by atoms with Crippen molar-refractivity contribution in [3.8, 4) is 0 Å². The topological polar surface area (TPSA) is 108 Å². The maximum atomic E-state index is 12.3. The van der Waals surface area contributed by atoms with E-state index in [1.165, 1.54) is 0 Å². The number of carbonyl (C=O) groups is 3. The van der Waals surface area contributed by atoms with Gasteiger partial charge in [-0.05, 0) is 12.1 Å². The molecule has 2 amide bonds. The summed E-state index contributed by atoms with van der Waals surface area (Å²) >= 11 is 0. The van der Waals surface area contributed by atoms with Crippen LogP contribution in [0, 0.1) is 0 Å². The second kappa shape index (κ2) is 6.68. The summed E-state index contributed by atoms with van der Waals surface area (Å²) < 4.78 is 36.8. The molecule has 0 aliphatic rings. The second-order valence-corrected chi connectivity index (χ2v) is 3.78. The lowest BCUT2D eigenvalue weighted by Gasteiger charge is -2.07. The number of carbonyl (C=O) groups excluding carboxylic acids is 2. The zero-order chi connectivity index (χ0) is 16.0. The molecule has 1 rings (SSSR count). The van der Waals surface area contributed by atoms with Crippen molar-refractivity contribution in [1.29, 1.82) is 0 Å². The fourth-order valence-electron chi connectivity index (χ4n) is 1.20. The first-order valence-corrected chi connectivity index (χ1v) is 5.50. The van der Waals surface area contributed by atoms with E-state index in [1.807, 2.05) is 5.32 Å². The van der Waals surface area contributed by atoms with Crippen LogP contribution in [0.3, 0.4) is 0 Å². The van der Waals surface area contributed by atoms with Gasteiger partial charge in [0.25, 0.3) is 5.91 Å². The zero-order valence-electron chi connectivity index (χ0n) is 10.4. The molecule has 0 fully saturated rings. The van der Waals surface area contributed by atoms with Gasteiger partial charge in [0.05, 0.1) is 12.1 Å². The molecular weight excluding hydrogens is 295 g/mol. The van der Waals surface area contributed by atoms with Crippen molar-refractivity contribution in [2.24, 2.45) is 0 Å². The van der Waals surface area contributed by atoms with E-state index in [0.717, 1.165) is 12.3 Å². The van der Waals surface area contributed by atoms with Crippen LogP contribution >= 0.6 is 0 Å². The highest BCUT2D eigenvalue weighted by molar-refractivity contribution is 5.96. The van der Waals surface area contributed by atoms with Gasteiger partial charge in [0, 0.05) is 6.20 Å². The Morgan fingerprint density at radius 1 is 1.14 bits per heavy atom. The number of aliphatic carboxylic acids is 1. The molecule has 0 radical (unpaired) electrons. The normalized spacial score (nSPS) is 10.8. The van der Waals surface area contributed by atoms with Crippen LogP contribution in [0.5, 0.6) is 0 Å². The molecule has 1 heterocycles. The number of hydrogen-bond acceptors (Lipinski definition) is 4. The van der Waals surface area contributed by atoms with Gasteiger partial charge in [0.1, 0.15) is 12.2 Å². The van der Waals surface area contributed by atoms with E-state index in [-0.39, 0.29) is 5.56 Å². The number of nitrogens with one attached hydrogen (secondary N) is 2. The first-order chi connectivity index (χ1) is 9.70. The molecule has 10 heteroatoms. The van der Waals surface area contributed by atoms with Crippen LogP contribution in [-0.2, 0) is 15.8 Å². The van der Waals surface area contributed by atoms with Crippen molar-refractivity contribution in [2.75, 3.05) is 13.1 Å². The van der Waals surface area contributed by atoms with Gasteiger partial charge in [-0.2, -0.15) is 13.2 Å². The van der Waals surface area contributed by atoms with Crippen LogP contribution in [-0.4, -0.2) is 41.0 Å². The van der Waals surface area contributed by atoms with Gasteiger partial charge in [-0.15, -0.1) is 0 Å². The zero-order valence-corrected chi connectivity index (χ0v) is 10.4. The molecule has 0 atom stereocenters. The van der Waals surface area contributed by atoms with E-state index in [0.29, 0.717) is 6.07 Å². The van der Waals surface area contributed by atoms with Crippen LogP contribution in [0.4, 0.5) is 13.2 Å². The Morgan fingerprint density at radius 3 is 2.29 bits per heavy atom. The molecule has 21 heavy (non-hydrogen) atoms. The Kier molecular flexibility index (Phi) is 5.22. The summed E-state index contributed by atoms with van der Waals surface area (Å²) in [5.74, 6) is -2.80. The summed E-state index contributed by atoms with van der Waals surface area (Å²) in [5.41, 5.74) is -1.30. The Labute approximate surface area is 116 Å². The number of carboxylic acids is 1. The number of aromatic nitrogens is 1. The third kappa shape index (κ3) is 5.47. The molecule has 0 aliphatic heterocycles. The number of nitrogens with zero attached hydrogens (tertiary/aromatic N) is 1. The molecule has 0 unspecified atom stereocenters. The molecule has 0 bridgehead atoms. The van der Waals surface area contributed by atoms with Crippen LogP contribution in [0.1, 0.15) is 16.1 Å². The van der Waals surface area contributed by atoms with Crippen molar-refractivity contribution in [3.05, 3.63) is 29.6 Å². The van der Waals surface area contributed by atoms with Crippen LogP contribution in [0.2, 0.25) is 0 Å². The fourth-order valence-corrected chi connectivity index (χ4v) is 1.20. The minimum Gasteiger partial charge on any atom is -0.480 e. The predicted octanol–water partition coefficient (Wildman–Crippen LogP) is 0.0310. The first kappa shape index (κ1) is 16.4. The lowest BCUT2D eigenvalue weighted by molar-refractivity contribution is -0.141. The van der Waals surface area contributed by atoms with Gasteiger partial charge in [-0.3, -0.25) is 19.4 Å². The van der Waals surface area contributed by atoms with Gasteiger partial charge in [-0.25, -0.2) is 0 Å². The lowest BCUT2D eigenvalue weighted by Crippen LogP contribution is -2.39. The SMILES string of the molecule is O=C(O)CNC(=O)CNC(=O)c1ccc(C(F)(F)F)nc1. The largest absolute Gasteiger partial charge is 0.480 e. The summed E-state index contributed by atoms with van der Waals surface area (Å²) in [6, 6.07) is 1.56. The average molecular weight is 305 g/mol. The highest BCUT2D eigenvalue weighted by Gasteiger charge is 2.32. The minimum absolute atomic E-state index is 0.158. The van der Waals surface area contributed by atoms with Crippen molar-refractivity contribution in [2.45, 2.75) is 6.18 Å². The molecule has 1 aromatic heterocycles. The van der Waals surface area contributed by atoms with Crippen molar-refractivity contribution in [1.82, 2.24) is 15.6 Å². The van der Waals surface area contributed by atoms with E-state index in [2.05, 4.69) is 10.3 Å². The maximum Gasteiger partial charge on any atom is 0.433 e. The number of pyridine rings is 1. The molecule has 3 N–H and O–H groups in total. The summed E-state index contributed by atoms with van der Waals surface area (Å²) in [5, 5.41) is 12.4. The van der Waals surface area contributed by atoms with E-state index < -0.39 is 42.7 Å².